The van der Waals surface area contributed by atoms with Crippen LogP contribution in [0.3, 0.4) is 0 Å². The van der Waals surface area contributed by atoms with Gasteiger partial charge in [0.05, 0.1) is 0 Å². The van der Waals surface area contributed by atoms with E-state index in [1.54, 1.807) is 0 Å². The van der Waals surface area contributed by atoms with Gasteiger partial charge in [-0.3, -0.25) is 0 Å². The molecule has 0 aromatic heterocycles. The molecule has 1 saturated heterocycles. The van der Waals surface area contributed by atoms with Crippen LogP contribution in [-0.4, -0.2) is 41.9 Å². The van der Waals surface area contributed by atoms with Crippen LogP contribution in [-0.2, 0) is 0 Å². The summed E-state index contributed by atoms with van der Waals surface area (Å²) in [6.45, 7) is 8.18. The topological polar surface area (TPSA) is 23.5 Å². The van der Waals surface area contributed by atoms with Gasteiger partial charge in [-0.25, -0.2) is 0 Å². The Morgan fingerprint density at radius 1 is 1.25 bits per heavy atom. The van der Waals surface area contributed by atoms with Crippen molar-refractivity contribution in [1.82, 2.24) is 4.90 Å². The smallest absolute Gasteiger partial charge is 0.383 e. The fourth-order valence-electron chi connectivity index (χ4n) is 1.85. The number of hydrogen-bond donors (Lipinski definition) is 1. The van der Waals surface area contributed by atoms with Crippen LogP contribution in [0.15, 0.2) is 0 Å². The zero-order valence-electron chi connectivity index (χ0n) is 10.2. The number of piperidine rings is 1. The minimum atomic E-state index is -4.46. The van der Waals surface area contributed by atoms with Crippen molar-refractivity contribution in [3.63, 3.8) is 0 Å². The van der Waals surface area contributed by atoms with Gasteiger partial charge in [-0.05, 0) is 38.4 Å². The first-order valence-corrected chi connectivity index (χ1v) is 5.92. The molecular weight excluding hydrogens is 219 g/mol. The lowest BCUT2D eigenvalue weighted by Gasteiger charge is -2.34. The first kappa shape index (κ1) is 15.7. The maximum absolute atomic E-state index is 12.1. The van der Waals surface area contributed by atoms with Gasteiger partial charge >= 0.3 is 6.18 Å². The molecule has 2 nitrogen and oxygen atoms in total. The van der Waals surface area contributed by atoms with Crippen molar-refractivity contribution >= 4 is 0 Å². The van der Waals surface area contributed by atoms with E-state index in [9.17, 15) is 13.2 Å². The van der Waals surface area contributed by atoms with Gasteiger partial charge in [0, 0.05) is 0 Å². The number of hydrogen-bond acceptors (Lipinski definition) is 2. The maximum Gasteiger partial charge on any atom is 0.414 e. The Morgan fingerprint density at radius 2 is 1.69 bits per heavy atom. The first-order valence-electron chi connectivity index (χ1n) is 5.92. The van der Waals surface area contributed by atoms with Crippen molar-refractivity contribution in [2.75, 3.05) is 19.6 Å². The molecule has 5 heteroatoms. The summed E-state index contributed by atoms with van der Waals surface area (Å²) in [5.74, 6) is -0.613. The molecule has 0 aliphatic carbocycles. The molecule has 1 unspecified atom stereocenters. The molecule has 0 amide bonds. The van der Waals surface area contributed by atoms with Gasteiger partial charge in [-0.2, -0.15) is 13.2 Å². The third-order valence-electron chi connectivity index (χ3n) is 2.86. The fraction of sp³-hybridized carbons (Fsp3) is 1.00. The molecule has 98 valence electrons. The van der Waals surface area contributed by atoms with Crippen molar-refractivity contribution in [2.24, 2.45) is 5.92 Å². The molecule has 0 radical (unpaired) electrons. The van der Waals surface area contributed by atoms with Crippen LogP contribution in [0, 0.1) is 5.92 Å². The summed E-state index contributed by atoms with van der Waals surface area (Å²) in [6.07, 6.45) is -5.72. The number of halogens is 3. The Kier molecular flexibility index (Phi) is 6.99. The van der Waals surface area contributed by atoms with Gasteiger partial charge in [0.25, 0.3) is 0 Å². The van der Waals surface area contributed by atoms with E-state index in [1.165, 1.54) is 0 Å². The van der Waals surface area contributed by atoms with Gasteiger partial charge in [0.15, 0.2) is 6.10 Å². The minimum Gasteiger partial charge on any atom is -0.383 e. The monoisotopic (exact) mass is 241 g/mol. The summed E-state index contributed by atoms with van der Waals surface area (Å²) in [5.41, 5.74) is 0. The molecule has 0 spiro atoms. The van der Waals surface area contributed by atoms with E-state index in [0.717, 1.165) is 6.54 Å². The van der Waals surface area contributed by atoms with Crippen molar-refractivity contribution in [3.05, 3.63) is 0 Å². The van der Waals surface area contributed by atoms with Crippen LogP contribution >= 0.6 is 0 Å². The Balaban J connectivity index is 0.00000106. The van der Waals surface area contributed by atoms with Crippen molar-refractivity contribution in [2.45, 2.75) is 45.9 Å². The SMILES string of the molecule is CC.CCN1CCC(C(O)C(F)(F)F)CC1. The Morgan fingerprint density at radius 3 is 2.00 bits per heavy atom. The molecule has 0 aromatic carbocycles. The van der Waals surface area contributed by atoms with E-state index in [-0.39, 0.29) is 0 Å². The number of rotatable bonds is 2. The summed E-state index contributed by atoms with van der Waals surface area (Å²) >= 11 is 0. The second kappa shape index (κ2) is 7.12. The Hall–Kier alpha value is -0.290. The molecule has 1 fully saturated rings. The zero-order valence-corrected chi connectivity index (χ0v) is 10.2. The highest BCUT2D eigenvalue weighted by Crippen LogP contribution is 2.31. The molecule has 16 heavy (non-hydrogen) atoms. The third-order valence-corrected chi connectivity index (χ3v) is 2.86. The highest BCUT2D eigenvalue weighted by atomic mass is 19.4. The van der Waals surface area contributed by atoms with Crippen molar-refractivity contribution in [3.8, 4) is 0 Å². The normalized spacial score (nSPS) is 21.2. The van der Waals surface area contributed by atoms with Gasteiger partial charge in [0.1, 0.15) is 0 Å². The molecule has 1 rings (SSSR count). The predicted octanol–water partition coefficient (Wildman–Crippen LogP) is 2.67. The van der Waals surface area contributed by atoms with Gasteiger partial charge in [0.2, 0.25) is 0 Å². The van der Waals surface area contributed by atoms with Crippen LogP contribution < -0.4 is 0 Å². The molecule has 0 saturated carbocycles. The van der Waals surface area contributed by atoms with Crippen molar-refractivity contribution < 1.29 is 18.3 Å². The average Bonchev–Trinajstić information content (AvgIpc) is 2.30. The summed E-state index contributed by atoms with van der Waals surface area (Å²) in [5, 5.41) is 9.03. The Labute approximate surface area is 95.4 Å². The predicted molar refractivity (Wildman–Crippen MR) is 58.2 cm³/mol. The lowest BCUT2D eigenvalue weighted by Crippen LogP contribution is -2.43. The summed E-state index contributed by atoms with van der Waals surface area (Å²) in [4.78, 5) is 2.10. The molecular formula is C11H22F3NO. The van der Waals surface area contributed by atoms with Crippen LogP contribution in [0.25, 0.3) is 0 Å². The molecule has 1 heterocycles. The van der Waals surface area contributed by atoms with E-state index in [2.05, 4.69) is 4.90 Å². The van der Waals surface area contributed by atoms with Crippen LogP contribution in [0.4, 0.5) is 13.2 Å². The standard InChI is InChI=1S/C9H16F3NO.C2H6/c1-2-13-5-3-7(4-6-13)8(14)9(10,11)12;1-2/h7-8,14H,2-6H2,1H3;1-2H3. The molecule has 0 bridgehead atoms. The maximum atomic E-state index is 12.1. The molecule has 1 aliphatic rings. The second-order valence-electron chi connectivity index (χ2n) is 3.76. The number of likely N-dealkylation sites (tertiary alicyclic amines) is 1. The van der Waals surface area contributed by atoms with E-state index in [4.69, 9.17) is 5.11 Å². The number of aliphatic hydroxyl groups is 1. The van der Waals surface area contributed by atoms with E-state index in [0.29, 0.717) is 25.9 Å². The van der Waals surface area contributed by atoms with E-state index in [1.807, 2.05) is 20.8 Å². The second-order valence-corrected chi connectivity index (χ2v) is 3.76. The molecule has 1 aliphatic heterocycles. The number of aliphatic hydroxyl groups excluding tert-OH is 1. The van der Waals surface area contributed by atoms with Gasteiger partial charge < -0.3 is 10.0 Å². The first-order chi connectivity index (χ1) is 7.45. The molecule has 1 N–H and O–H groups in total. The molecule has 1 atom stereocenters. The van der Waals surface area contributed by atoms with Crippen molar-refractivity contribution in [1.29, 1.82) is 0 Å². The van der Waals surface area contributed by atoms with Gasteiger partial charge in [-0.15, -0.1) is 0 Å². The average molecular weight is 241 g/mol. The molecule has 0 aromatic rings. The quantitative estimate of drug-likeness (QED) is 0.803. The highest BCUT2D eigenvalue weighted by Gasteiger charge is 2.43. The summed E-state index contributed by atoms with van der Waals surface area (Å²) in [6, 6.07) is 0. The van der Waals surface area contributed by atoms with E-state index < -0.39 is 18.2 Å². The largest absolute Gasteiger partial charge is 0.414 e. The minimum absolute atomic E-state index is 0.439. The van der Waals surface area contributed by atoms with Crippen LogP contribution in [0.5, 0.6) is 0 Å². The fourth-order valence-corrected chi connectivity index (χ4v) is 1.85. The zero-order chi connectivity index (χ0) is 12.8. The lowest BCUT2D eigenvalue weighted by molar-refractivity contribution is -0.223. The van der Waals surface area contributed by atoms with Gasteiger partial charge in [-0.1, -0.05) is 20.8 Å². The highest BCUT2D eigenvalue weighted by molar-refractivity contribution is 4.80. The summed E-state index contributed by atoms with van der Waals surface area (Å²) in [7, 11) is 0. The Bertz CT molecular complexity index is 177. The van der Waals surface area contributed by atoms with Crippen LogP contribution in [0.2, 0.25) is 0 Å². The lowest BCUT2D eigenvalue weighted by atomic mass is 9.91. The summed E-state index contributed by atoms with van der Waals surface area (Å²) < 4.78 is 36.4. The van der Waals surface area contributed by atoms with Crippen LogP contribution in [0.1, 0.15) is 33.6 Å². The third kappa shape index (κ3) is 4.70. The van der Waals surface area contributed by atoms with E-state index >= 15 is 0 Å². The number of nitrogens with zero attached hydrogens (tertiary/aromatic N) is 1. The number of alkyl halides is 3.